The van der Waals surface area contributed by atoms with E-state index in [4.69, 9.17) is 0 Å². The van der Waals surface area contributed by atoms with Crippen molar-refractivity contribution in [2.45, 2.75) is 112 Å². The van der Waals surface area contributed by atoms with E-state index in [0.717, 1.165) is 130 Å². The Morgan fingerprint density at radius 1 is 0.232 bits per heavy atom. The second kappa shape index (κ2) is 26.0. The van der Waals surface area contributed by atoms with E-state index < -0.39 is 5.41 Å². The number of nitrogens with zero attached hydrogens (tertiary/aromatic N) is 4. The minimum absolute atomic E-state index is 0.583. The molecule has 14 rings (SSSR count). The molecule has 12 aromatic rings. The summed E-state index contributed by atoms with van der Waals surface area (Å²) < 4.78 is 0. The highest BCUT2D eigenvalue weighted by atomic mass is 15.1. The summed E-state index contributed by atoms with van der Waals surface area (Å²) in [5.74, 6) is 0. The van der Waals surface area contributed by atoms with Gasteiger partial charge in [0, 0.05) is 34.1 Å². The molecule has 4 heteroatoms. The molecular formula is C91H80N4. The predicted octanol–water partition coefficient (Wildman–Crippen LogP) is 23.9. The van der Waals surface area contributed by atoms with Crippen LogP contribution in [0.5, 0.6) is 0 Å². The van der Waals surface area contributed by atoms with Crippen LogP contribution in [0.25, 0.3) is 66.8 Å². The first-order chi connectivity index (χ1) is 46.5. The summed E-state index contributed by atoms with van der Waals surface area (Å²) in [5.41, 5.74) is 35.3. The molecule has 0 unspecified atom stereocenters. The number of hydrogen-bond acceptors (Lipinski definition) is 4. The van der Waals surface area contributed by atoms with Gasteiger partial charge in [0.2, 0.25) is 0 Å². The zero-order chi connectivity index (χ0) is 65.5. The Morgan fingerprint density at radius 3 is 0.663 bits per heavy atom. The van der Waals surface area contributed by atoms with Crippen LogP contribution in [0, 0.1) is 22.7 Å². The van der Waals surface area contributed by atoms with E-state index in [1.165, 1.54) is 89.0 Å². The van der Waals surface area contributed by atoms with Crippen LogP contribution in [-0.2, 0) is 56.8 Å². The highest BCUT2D eigenvalue weighted by molar-refractivity contribution is 5.98. The molecule has 95 heavy (non-hydrogen) atoms. The maximum Gasteiger partial charge on any atom is 0.0991 e. The van der Waals surface area contributed by atoms with Crippen molar-refractivity contribution in [1.82, 2.24) is 0 Å². The third-order valence-corrected chi connectivity index (χ3v) is 20.3. The molecule has 0 amide bonds. The molecule has 2 aliphatic rings. The Bertz CT molecular complexity index is 4390. The van der Waals surface area contributed by atoms with Gasteiger partial charge in [0.25, 0.3) is 0 Å². The Hall–Kier alpha value is -10.8. The van der Waals surface area contributed by atoms with Crippen LogP contribution in [0.1, 0.15) is 133 Å². The van der Waals surface area contributed by atoms with Gasteiger partial charge < -0.3 is 9.80 Å². The molecule has 464 valence electrons. The molecule has 0 atom stereocenters. The van der Waals surface area contributed by atoms with Crippen molar-refractivity contribution in [3.63, 3.8) is 0 Å². The first-order valence-electron chi connectivity index (χ1n) is 34.4. The van der Waals surface area contributed by atoms with Gasteiger partial charge >= 0.3 is 0 Å². The van der Waals surface area contributed by atoms with Gasteiger partial charge in [-0.05, 0) is 282 Å². The largest absolute Gasteiger partial charge is 0.310 e. The molecular weight excluding hydrogens is 1150 g/mol. The van der Waals surface area contributed by atoms with Crippen LogP contribution in [0.4, 0.5) is 34.1 Å². The van der Waals surface area contributed by atoms with Crippen molar-refractivity contribution in [3.8, 4) is 78.9 Å². The minimum Gasteiger partial charge on any atom is -0.310 e. The summed E-state index contributed by atoms with van der Waals surface area (Å²) in [5, 5.41) is 21.8. The lowest BCUT2D eigenvalue weighted by Crippen LogP contribution is -2.27. The van der Waals surface area contributed by atoms with Crippen molar-refractivity contribution < 1.29 is 0 Å². The van der Waals surface area contributed by atoms with Gasteiger partial charge in [-0.2, -0.15) is 10.5 Å². The van der Waals surface area contributed by atoms with Crippen LogP contribution >= 0.6 is 0 Å². The normalized spacial score (nSPS) is 12.2. The number of benzene rings is 12. The zero-order valence-electron chi connectivity index (χ0n) is 56.0. The molecule has 1 spiro atoms. The maximum absolute atomic E-state index is 10.9. The Balaban J connectivity index is 0.978. The van der Waals surface area contributed by atoms with E-state index >= 15 is 0 Å². The minimum atomic E-state index is -0.953. The van der Waals surface area contributed by atoms with Crippen LogP contribution in [-0.4, -0.2) is 0 Å². The van der Waals surface area contributed by atoms with Gasteiger partial charge in [0.05, 0.1) is 28.7 Å². The molecule has 0 heterocycles. The molecule has 0 radical (unpaired) electrons. The van der Waals surface area contributed by atoms with Gasteiger partial charge in [-0.25, -0.2) is 0 Å². The monoisotopic (exact) mass is 1230 g/mol. The molecule has 12 aromatic carbocycles. The number of anilines is 6. The van der Waals surface area contributed by atoms with Gasteiger partial charge in [-0.3, -0.25) is 0 Å². The van der Waals surface area contributed by atoms with Crippen LogP contribution in [0.3, 0.4) is 0 Å². The summed E-state index contributed by atoms with van der Waals surface area (Å²) >= 11 is 0. The zero-order valence-corrected chi connectivity index (χ0v) is 56.0. The average Bonchev–Trinajstić information content (AvgIpc) is 1.51. The Morgan fingerprint density at radius 2 is 0.442 bits per heavy atom. The van der Waals surface area contributed by atoms with Crippen molar-refractivity contribution >= 4 is 34.1 Å². The van der Waals surface area contributed by atoms with E-state index in [1.807, 2.05) is 12.1 Å². The lowest BCUT2D eigenvalue weighted by molar-refractivity contribution is 0.792. The van der Waals surface area contributed by atoms with Crippen molar-refractivity contribution in [2.75, 3.05) is 9.80 Å². The number of fused-ring (bicyclic) bond motifs is 10. The fourth-order valence-electron chi connectivity index (χ4n) is 15.1. The third kappa shape index (κ3) is 11.2. The smallest absolute Gasteiger partial charge is 0.0991 e. The second-order valence-electron chi connectivity index (χ2n) is 25.8. The number of rotatable bonds is 18. The SMILES string of the molecule is CCc1cc(CC)cc(-c2ccc(N(c3ccc(-c4cc(CC)cc(CC)c4)cc3)c3ccc4c(c3)C3(c5cc(C#N)ccc5-c5ccc(C#N)cc53)c3cc(N(c5ccc(-c6cc(CC)cc(CC)c6)cc5)c5ccc(-c6cc(CC)cc(CC)c6)cc5)ccc3-4)cc2)c1. The molecule has 0 N–H and O–H groups in total. The summed E-state index contributed by atoms with van der Waals surface area (Å²) in [4.78, 5) is 4.81. The molecule has 0 saturated carbocycles. The highest BCUT2D eigenvalue weighted by Gasteiger charge is 2.52. The third-order valence-electron chi connectivity index (χ3n) is 20.3. The fourth-order valence-corrected chi connectivity index (χ4v) is 15.1. The topological polar surface area (TPSA) is 54.1 Å². The molecule has 0 aliphatic heterocycles. The highest BCUT2D eigenvalue weighted by Crippen LogP contribution is 2.64. The van der Waals surface area contributed by atoms with Crippen molar-refractivity contribution in [3.05, 3.63) is 321 Å². The van der Waals surface area contributed by atoms with E-state index in [9.17, 15) is 10.5 Å². The van der Waals surface area contributed by atoms with Gasteiger partial charge in [-0.15, -0.1) is 0 Å². The van der Waals surface area contributed by atoms with Crippen molar-refractivity contribution in [1.29, 1.82) is 10.5 Å². The lowest BCUT2D eigenvalue weighted by Gasteiger charge is -2.33. The summed E-state index contributed by atoms with van der Waals surface area (Å²) in [6, 6.07) is 96.0. The quantitative estimate of drug-likeness (QED) is 0.0859. The summed E-state index contributed by atoms with van der Waals surface area (Å²) in [6.45, 7) is 17.9. The number of hydrogen-bond donors (Lipinski definition) is 0. The van der Waals surface area contributed by atoms with Gasteiger partial charge in [-0.1, -0.05) is 201 Å². The maximum atomic E-state index is 10.9. The fraction of sp³-hybridized carbons (Fsp3) is 0.187. The standard InChI is InChI=1S/C91H80N4/c1-9-59-41-60(10-2)46-73(45-59)69-19-27-77(28-20-69)94(78-29-21-70(22-30-78)74-47-61(11-3)42-62(12-4)48-74)81-35-39-85-86-40-36-82(56-90(86)91(89(85)55-81)87-53-67(57-92)17-37-83(87)84-38-18-68(58-93)54-88(84)91)95(79-31-23-71(24-32-79)75-49-63(13-5)43-64(14-6)50-75)80-33-25-72(26-34-80)76-51-65(15-7)44-66(16-8)52-76/h17-56H,9-16H2,1-8H3. The van der Waals surface area contributed by atoms with Gasteiger partial charge in [0.15, 0.2) is 0 Å². The Kier molecular flexibility index (Phi) is 16.9. The number of aryl methyl sites for hydroxylation is 8. The van der Waals surface area contributed by atoms with Crippen molar-refractivity contribution in [2.24, 2.45) is 0 Å². The lowest BCUT2D eigenvalue weighted by atomic mass is 9.70. The summed E-state index contributed by atoms with van der Waals surface area (Å²) in [7, 11) is 0. The Labute approximate surface area is 562 Å². The van der Waals surface area contributed by atoms with E-state index in [2.05, 4.69) is 308 Å². The molecule has 0 aromatic heterocycles. The van der Waals surface area contributed by atoms with Crippen LogP contribution < -0.4 is 9.80 Å². The summed E-state index contributed by atoms with van der Waals surface area (Å²) in [6.07, 6.45) is 7.81. The molecule has 0 saturated heterocycles. The van der Waals surface area contributed by atoms with Crippen LogP contribution in [0.15, 0.2) is 243 Å². The molecule has 4 nitrogen and oxygen atoms in total. The average molecular weight is 1230 g/mol. The number of nitriles is 2. The molecule has 2 aliphatic carbocycles. The van der Waals surface area contributed by atoms with Gasteiger partial charge in [0.1, 0.15) is 0 Å². The predicted molar refractivity (Wildman–Crippen MR) is 398 cm³/mol. The first kappa shape index (κ1) is 61.7. The van der Waals surface area contributed by atoms with Crippen LogP contribution in [0.2, 0.25) is 0 Å². The molecule has 0 bridgehead atoms. The van der Waals surface area contributed by atoms with E-state index in [-0.39, 0.29) is 0 Å². The van der Waals surface area contributed by atoms with E-state index in [1.54, 1.807) is 0 Å². The molecule has 0 fully saturated rings. The second-order valence-corrected chi connectivity index (χ2v) is 25.8. The van der Waals surface area contributed by atoms with E-state index in [0.29, 0.717) is 11.1 Å². The first-order valence-corrected chi connectivity index (χ1v) is 34.4.